The maximum atomic E-state index is 12.6. The summed E-state index contributed by atoms with van der Waals surface area (Å²) >= 11 is 0. The van der Waals surface area contributed by atoms with Crippen LogP contribution in [0.2, 0.25) is 0 Å². The van der Waals surface area contributed by atoms with E-state index < -0.39 is 0 Å². The van der Waals surface area contributed by atoms with Crippen LogP contribution in [-0.4, -0.2) is 29.4 Å². The predicted octanol–water partition coefficient (Wildman–Crippen LogP) is 0.911. The molecule has 5 nitrogen and oxygen atoms in total. The highest BCUT2D eigenvalue weighted by molar-refractivity contribution is 6.13. The lowest BCUT2D eigenvalue weighted by Gasteiger charge is -2.13. The second kappa shape index (κ2) is 4.56. The molecule has 106 valence electrons. The van der Waals surface area contributed by atoms with Crippen molar-refractivity contribution >= 4 is 27.2 Å². The van der Waals surface area contributed by atoms with Crippen molar-refractivity contribution in [1.29, 1.82) is 0 Å². The van der Waals surface area contributed by atoms with Crippen LogP contribution in [0.1, 0.15) is 0 Å². The van der Waals surface area contributed by atoms with Gasteiger partial charge in [-0.2, -0.15) is 0 Å². The quantitative estimate of drug-likeness (QED) is 0.750. The molecule has 0 fully saturated rings. The number of pyridine rings is 1. The van der Waals surface area contributed by atoms with E-state index in [0.717, 1.165) is 32.7 Å². The molecule has 0 amide bonds. The van der Waals surface area contributed by atoms with Crippen LogP contribution in [0.5, 0.6) is 0 Å². The molecule has 0 radical (unpaired) electrons. The topological polar surface area (TPSA) is 66.6 Å². The summed E-state index contributed by atoms with van der Waals surface area (Å²) in [6, 6.07) is 9.78. The lowest BCUT2D eigenvalue weighted by molar-refractivity contribution is 0.311. The average Bonchev–Trinajstić information content (AvgIpc) is 3.00. The number of nitrogens with zero attached hydrogens (tertiary/aromatic N) is 2. The molecule has 4 rings (SSSR count). The Bertz CT molecular complexity index is 959. The summed E-state index contributed by atoms with van der Waals surface area (Å²) < 4.78 is 1.76. The number of fused-ring (bicyclic) bond motifs is 2. The molecule has 5 heteroatoms. The maximum absolute atomic E-state index is 12.6. The Hall–Kier alpha value is -2.40. The molecule has 2 heterocycles. The highest BCUT2D eigenvalue weighted by Gasteiger charge is 2.16. The third kappa shape index (κ3) is 1.67. The van der Waals surface area contributed by atoms with Gasteiger partial charge in [-0.15, -0.1) is 0 Å². The third-order valence-corrected chi connectivity index (χ3v) is 4.03. The van der Waals surface area contributed by atoms with Crippen molar-refractivity contribution in [2.45, 2.75) is 6.54 Å². The van der Waals surface area contributed by atoms with E-state index in [4.69, 9.17) is 5.11 Å². The molecular weight excluding hydrogens is 266 g/mol. The normalized spacial score (nSPS) is 13.6. The molecule has 21 heavy (non-hydrogen) atoms. The highest BCUT2D eigenvalue weighted by atomic mass is 16.3. The first kappa shape index (κ1) is 12.3. The lowest BCUT2D eigenvalue weighted by Crippen LogP contribution is -2.30. The molecule has 0 aliphatic carbocycles. The van der Waals surface area contributed by atoms with Gasteiger partial charge in [0.05, 0.1) is 13.2 Å². The van der Waals surface area contributed by atoms with Gasteiger partial charge in [-0.1, -0.05) is 12.1 Å². The number of rotatable bonds is 3. The number of hydrogen-bond donors (Lipinski definition) is 2. The summed E-state index contributed by atoms with van der Waals surface area (Å²) in [6.07, 6.45) is 0. The number of nitrogens with one attached hydrogen (secondary N) is 1. The van der Waals surface area contributed by atoms with E-state index in [9.17, 15) is 4.79 Å². The van der Waals surface area contributed by atoms with Crippen molar-refractivity contribution in [2.75, 3.05) is 25.0 Å². The van der Waals surface area contributed by atoms with Gasteiger partial charge in [-0.3, -0.25) is 14.4 Å². The van der Waals surface area contributed by atoms with Crippen LogP contribution in [0.4, 0.5) is 5.69 Å². The molecule has 0 saturated heterocycles. The molecule has 0 spiro atoms. The first-order valence-corrected chi connectivity index (χ1v) is 7.08. The lowest BCUT2D eigenvalue weighted by atomic mass is 10.0. The molecule has 2 aromatic carbocycles. The third-order valence-electron chi connectivity index (χ3n) is 4.03. The first-order chi connectivity index (χ1) is 10.3. The molecule has 2 N–H and O–H groups in total. The first-order valence-electron chi connectivity index (χ1n) is 7.08. The van der Waals surface area contributed by atoms with Crippen LogP contribution in [0.25, 0.3) is 21.5 Å². The highest BCUT2D eigenvalue weighted by Crippen LogP contribution is 2.29. The Kier molecular flexibility index (Phi) is 2.68. The fourth-order valence-corrected chi connectivity index (χ4v) is 3.14. The van der Waals surface area contributed by atoms with Crippen LogP contribution in [-0.2, 0) is 6.54 Å². The minimum absolute atomic E-state index is 0.0312. The SMILES string of the molecule is O=c1c2cccc3c(NCCO)ccc(c4n1CCN=4)c32. The van der Waals surface area contributed by atoms with Crippen LogP contribution >= 0.6 is 0 Å². The van der Waals surface area contributed by atoms with Gasteiger partial charge in [0, 0.05) is 40.3 Å². The van der Waals surface area contributed by atoms with Crippen molar-refractivity contribution in [2.24, 2.45) is 4.99 Å². The zero-order chi connectivity index (χ0) is 14.4. The van der Waals surface area contributed by atoms with E-state index in [-0.39, 0.29) is 12.2 Å². The molecule has 0 saturated carbocycles. The molecule has 0 unspecified atom stereocenters. The number of aliphatic hydroxyl groups is 1. The Morgan fingerprint density at radius 3 is 2.90 bits per heavy atom. The zero-order valence-electron chi connectivity index (χ0n) is 11.5. The maximum Gasteiger partial charge on any atom is 0.260 e. The molecule has 1 aliphatic heterocycles. The Morgan fingerprint density at radius 2 is 2.05 bits per heavy atom. The standard InChI is InChI=1S/C16H15N3O2/c20-9-7-17-13-5-4-11-14-10(13)2-1-3-12(14)16(21)19-8-6-18-15(11)19/h1-5,17,20H,6-9H2. The molecule has 1 aromatic heterocycles. The summed E-state index contributed by atoms with van der Waals surface area (Å²) in [4.78, 5) is 17.1. The van der Waals surface area contributed by atoms with Crippen LogP contribution in [0, 0.1) is 0 Å². The fourth-order valence-electron chi connectivity index (χ4n) is 3.14. The number of aliphatic hydroxyl groups excluding tert-OH is 1. The van der Waals surface area contributed by atoms with E-state index >= 15 is 0 Å². The van der Waals surface area contributed by atoms with Gasteiger partial charge < -0.3 is 10.4 Å². The van der Waals surface area contributed by atoms with Crippen molar-refractivity contribution in [1.82, 2.24) is 4.57 Å². The van der Waals surface area contributed by atoms with E-state index in [0.29, 0.717) is 19.6 Å². The summed E-state index contributed by atoms with van der Waals surface area (Å²) in [5.41, 5.74) is 1.76. The van der Waals surface area contributed by atoms with Crippen molar-refractivity contribution < 1.29 is 5.11 Å². The van der Waals surface area contributed by atoms with Gasteiger partial charge in [-0.25, -0.2) is 0 Å². The van der Waals surface area contributed by atoms with Crippen molar-refractivity contribution in [3.8, 4) is 0 Å². The van der Waals surface area contributed by atoms with E-state index in [1.54, 1.807) is 4.57 Å². The number of benzene rings is 2. The molecule has 0 bridgehead atoms. The minimum atomic E-state index is 0.0312. The van der Waals surface area contributed by atoms with E-state index in [1.807, 2.05) is 30.3 Å². The smallest absolute Gasteiger partial charge is 0.260 e. The Morgan fingerprint density at radius 1 is 1.19 bits per heavy atom. The molecule has 3 aromatic rings. The number of aromatic nitrogens is 1. The predicted molar refractivity (Wildman–Crippen MR) is 82.9 cm³/mol. The molecule has 1 aliphatic rings. The van der Waals surface area contributed by atoms with Gasteiger partial charge in [0.15, 0.2) is 0 Å². The van der Waals surface area contributed by atoms with E-state index in [2.05, 4.69) is 10.3 Å². The van der Waals surface area contributed by atoms with Gasteiger partial charge in [0.25, 0.3) is 5.56 Å². The Labute approximate surface area is 120 Å². The summed E-state index contributed by atoms with van der Waals surface area (Å²) in [5, 5.41) is 15.9. The summed E-state index contributed by atoms with van der Waals surface area (Å²) in [5.74, 6) is 0. The summed E-state index contributed by atoms with van der Waals surface area (Å²) in [6.45, 7) is 1.89. The van der Waals surface area contributed by atoms with Gasteiger partial charge >= 0.3 is 0 Å². The number of anilines is 1. The van der Waals surface area contributed by atoms with Gasteiger partial charge in [0.2, 0.25) is 0 Å². The van der Waals surface area contributed by atoms with Crippen molar-refractivity contribution in [3.63, 3.8) is 0 Å². The Balaban J connectivity index is 2.17. The second-order valence-corrected chi connectivity index (χ2v) is 5.20. The van der Waals surface area contributed by atoms with Crippen LogP contribution in [0.15, 0.2) is 40.1 Å². The molecule has 0 atom stereocenters. The van der Waals surface area contributed by atoms with E-state index in [1.165, 1.54) is 0 Å². The number of hydrogen-bond acceptors (Lipinski definition) is 4. The molecular formula is C16H15N3O2. The van der Waals surface area contributed by atoms with Gasteiger partial charge in [-0.05, 0) is 18.2 Å². The monoisotopic (exact) mass is 281 g/mol. The fraction of sp³-hybridized carbons (Fsp3) is 0.250. The second-order valence-electron chi connectivity index (χ2n) is 5.20. The minimum Gasteiger partial charge on any atom is -0.395 e. The van der Waals surface area contributed by atoms with Crippen molar-refractivity contribution in [3.05, 3.63) is 46.2 Å². The van der Waals surface area contributed by atoms with Gasteiger partial charge in [0.1, 0.15) is 5.49 Å². The van der Waals surface area contributed by atoms with Crippen LogP contribution < -0.4 is 16.4 Å². The average molecular weight is 281 g/mol. The van der Waals surface area contributed by atoms with Crippen LogP contribution in [0.3, 0.4) is 0 Å². The zero-order valence-corrected chi connectivity index (χ0v) is 11.5. The largest absolute Gasteiger partial charge is 0.395 e. The summed E-state index contributed by atoms with van der Waals surface area (Å²) in [7, 11) is 0.